The van der Waals surface area contributed by atoms with Gasteiger partial charge in [0.1, 0.15) is 5.54 Å². The summed E-state index contributed by atoms with van der Waals surface area (Å²) in [7, 11) is 0. The van der Waals surface area contributed by atoms with Gasteiger partial charge in [-0.05, 0) is 19.8 Å². The number of hydrogen-bond acceptors (Lipinski definition) is 4. The summed E-state index contributed by atoms with van der Waals surface area (Å²) in [6, 6.07) is -0.218. The predicted molar refractivity (Wildman–Crippen MR) is 82.3 cm³/mol. The van der Waals surface area contributed by atoms with Crippen LogP contribution in [0.4, 0.5) is 4.79 Å². The zero-order chi connectivity index (χ0) is 15.6. The molecule has 124 valence electrons. The van der Waals surface area contributed by atoms with Gasteiger partial charge in [0.25, 0.3) is 5.91 Å². The van der Waals surface area contributed by atoms with E-state index >= 15 is 0 Å². The molecule has 3 amide bonds. The number of imide groups is 1. The Bertz CT molecular complexity index is 432. The molecule has 2 saturated heterocycles. The maximum Gasteiger partial charge on any atom is 0.326 e. The van der Waals surface area contributed by atoms with Gasteiger partial charge < -0.3 is 10.1 Å². The van der Waals surface area contributed by atoms with Crippen molar-refractivity contribution in [2.24, 2.45) is 0 Å². The van der Waals surface area contributed by atoms with Gasteiger partial charge in [-0.25, -0.2) is 9.69 Å². The molecule has 1 N–H and O–H groups in total. The second-order valence-corrected chi connectivity index (χ2v) is 6.91. The number of carbonyl (C=O) groups is 2. The molecule has 6 heteroatoms. The van der Waals surface area contributed by atoms with Crippen LogP contribution in [-0.4, -0.2) is 59.7 Å². The quantitative estimate of drug-likeness (QED) is 0.789. The third-order valence-electron chi connectivity index (χ3n) is 5.12. The molecule has 6 nitrogen and oxygen atoms in total. The second kappa shape index (κ2) is 6.54. The number of amides is 3. The van der Waals surface area contributed by atoms with Crippen LogP contribution in [0.3, 0.4) is 0 Å². The Morgan fingerprint density at radius 2 is 1.86 bits per heavy atom. The number of rotatable bonds is 2. The summed E-state index contributed by atoms with van der Waals surface area (Å²) in [5, 5.41) is 3.02. The Kier molecular flexibility index (Phi) is 4.68. The van der Waals surface area contributed by atoms with E-state index < -0.39 is 5.54 Å². The lowest BCUT2D eigenvalue weighted by Gasteiger charge is -2.33. The molecule has 3 fully saturated rings. The summed E-state index contributed by atoms with van der Waals surface area (Å²) in [6.45, 7) is 4.61. The highest BCUT2D eigenvalue weighted by atomic mass is 16.5. The van der Waals surface area contributed by atoms with E-state index in [0.29, 0.717) is 13.3 Å². The number of ether oxygens (including phenoxy) is 1. The minimum absolute atomic E-state index is 0.0152. The minimum atomic E-state index is -0.630. The Hall–Kier alpha value is -1.14. The van der Waals surface area contributed by atoms with Crippen LogP contribution in [0, 0.1) is 0 Å². The number of hydrogen-bond donors (Lipinski definition) is 1. The average molecular weight is 309 g/mol. The van der Waals surface area contributed by atoms with Crippen LogP contribution in [0.1, 0.15) is 51.9 Å². The highest BCUT2D eigenvalue weighted by molar-refractivity contribution is 6.07. The van der Waals surface area contributed by atoms with Crippen LogP contribution < -0.4 is 5.32 Å². The van der Waals surface area contributed by atoms with Crippen molar-refractivity contribution in [3.63, 3.8) is 0 Å². The molecule has 0 radical (unpaired) electrons. The fourth-order valence-corrected chi connectivity index (χ4v) is 3.87. The van der Waals surface area contributed by atoms with Crippen LogP contribution in [0.5, 0.6) is 0 Å². The summed E-state index contributed by atoms with van der Waals surface area (Å²) >= 11 is 0. The number of carbonyl (C=O) groups excluding carboxylic acids is 2. The molecule has 0 unspecified atom stereocenters. The molecule has 1 spiro atoms. The van der Waals surface area contributed by atoms with E-state index in [4.69, 9.17) is 4.74 Å². The van der Waals surface area contributed by atoms with Gasteiger partial charge in [-0.2, -0.15) is 0 Å². The van der Waals surface area contributed by atoms with Gasteiger partial charge in [-0.15, -0.1) is 0 Å². The topological polar surface area (TPSA) is 61.9 Å². The van der Waals surface area contributed by atoms with Crippen molar-refractivity contribution in [1.29, 1.82) is 0 Å². The zero-order valence-electron chi connectivity index (χ0n) is 13.5. The molecule has 0 aromatic heterocycles. The normalized spacial score (nSPS) is 30.2. The van der Waals surface area contributed by atoms with Gasteiger partial charge in [0.15, 0.2) is 0 Å². The molecule has 0 aromatic carbocycles. The Labute approximate surface area is 132 Å². The monoisotopic (exact) mass is 309 g/mol. The van der Waals surface area contributed by atoms with Crippen LogP contribution in [0.25, 0.3) is 0 Å². The first-order chi connectivity index (χ1) is 10.6. The molecule has 0 aromatic rings. The smallest absolute Gasteiger partial charge is 0.326 e. The van der Waals surface area contributed by atoms with Gasteiger partial charge in [0, 0.05) is 13.1 Å². The molecule has 1 atom stereocenters. The largest absolute Gasteiger partial charge is 0.376 e. The van der Waals surface area contributed by atoms with Gasteiger partial charge in [0.2, 0.25) is 0 Å². The third kappa shape index (κ3) is 3.13. The summed E-state index contributed by atoms with van der Waals surface area (Å²) < 4.78 is 5.52. The molecule has 1 saturated carbocycles. The molecular weight excluding hydrogens is 282 g/mol. The second-order valence-electron chi connectivity index (χ2n) is 6.91. The van der Waals surface area contributed by atoms with E-state index in [1.165, 1.54) is 11.3 Å². The SMILES string of the molecule is C[C@H]1CN(CN2C(=O)NC3(CCCCCCC3)C2=O)CCO1. The maximum absolute atomic E-state index is 12.9. The van der Waals surface area contributed by atoms with Crippen LogP contribution in [-0.2, 0) is 9.53 Å². The van der Waals surface area contributed by atoms with Crippen molar-refractivity contribution in [2.75, 3.05) is 26.4 Å². The molecule has 2 aliphatic heterocycles. The summed E-state index contributed by atoms with van der Waals surface area (Å²) in [5.41, 5.74) is -0.630. The van der Waals surface area contributed by atoms with Gasteiger partial charge >= 0.3 is 6.03 Å². The summed E-state index contributed by atoms with van der Waals surface area (Å²) in [4.78, 5) is 28.8. The van der Waals surface area contributed by atoms with E-state index in [9.17, 15) is 9.59 Å². The lowest BCUT2D eigenvalue weighted by molar-refractivity contribution is -0.134. The lowest BCUT2D eigenvalue weighted by atomic mass is 9.84. The Morgan fingerprint density at radius 1 is 1.18 bits per heavy atom. The summed E-state index contributed by atoms with van der Waals surface area (Å²) in [6.07, 6.45) is 7.33. The van der Waals surface area contributed by atoms with E-state index in [2.05, 4.69) is 10.2 Å². The minimum Gasteiger partial charge on any atom is -0.376 e. The van der Waals surface area contributed by atoms with E-state index in [1.807, 2.05) is 6.92 Å². The Morgan fingerprint density at radius 3 is 2.55 bits per heavy atom. The number of morpholine rings is 1. The highest BCUT2D eigenvalue weighted by Crippen LogP contribution is 2.32. The van der Waals surface area contributed by atoms with Gasteiger partial charge in [-0.1, -0.05) is 32.1 Å². The van der Waals surface area contributed by atoms with Crippen molar-refractivity contribution in [1.82, 2.24) is 15.1 Å². The third-order valence-corrected chi connectivity index (χ3v) is 5.12. The van der Waals surface area contributed by atoms with E-state index in [0.717, 1.165) is 51.6 Å². The maximum atomic E-state index is 12.9. The van der Waals surface area contributed by atoms with Gasteiger partial charge in [0.05, 0.1) is 19.4 Å². The van der Waals surface area contributed by atoms with Crippen LogP contribution in [0.15, 0.2) is 0 Å². The highest BCUT2D eigenvalue weighted by Gasteiger charge is 2.50. The van der Waals surface area contributed by atoms with Crippen molar-refractivity contribution in [3.05, 3.63) is 0 Å². The molecular formula is C16H27N3O3. The number of nitrogens with one attached hydrogen (secondary N) is 1. The first-order valence-electron chi connectivity index (χ1n) is 8.59. The fraction of sp³-hybridized carbons (Fsp3) is 0.875. The van der Waals surface area contributed by atoms with Crippen LogP contribution >= 0.6 is 0 Å². The Balaban J connectivity index is 1.67. The first-order valence-corrected chi connectivity index (χ1v) is 8.59. The lowest BCUT2D eigenvalue weighted by Crippen LogP contribution is -2.50. The fourth-order valence-electron chi connectivity index (χ4n) is 3.87. The standard InChI is InChI=1S/C16H27N3O3/c1-13-11-18(9-10-22-13)12-19-14(20)16(17-15(19)21)7-5-3-2-4-6-8-16/h13H,2-12H2,1H3,(H,17,21)/t13-/m0/s1. The van der Waals surface area contributed by atoms with E-state index in [-0.39, 0.29) is 18.0 Å². The van der Waals surface area contributed by atoms with Gasteiger partial charge in [-0.3, -0.25) is 9.69 Å². The number of nitrogens with zero attached hydrogens (tertiary/aromatic N) is 2. The van der Waals surface area contributed by atoms with Crippen molar-refractivity contribution >= 4 is 11.9 Å². The van der Waals surface area contributed by atoms with E-state index in [1.54, 1.807) is 0 Å². The van der Waals surface area contributed by atoms with Crippen molar-refractivity contribution in [2.45, 2.75) is 63.5 Å². The zero-order valence-corrected chi connectivity index (χ0v) is 13.5. The number of urea groups is 1. The molecule has 3 aliphatic rings. The molecule has 1 aliphatic carbocycles. The summed E-state index contributed by atoms with van der Waals surface area (Å²) in [5.74, 6) is -0.0152. The van der Waals surface area contributed by atoms with Crippen molar-refractivity contribution in [3.8, 4) is 0 Å². The molecule has 22 heavy (non-hydrogen) atoms. The van der Waals surface area contributed by atoms with Crippen LogP contribution in [0.2, 0.25) is 0 Å². The molecule has 2 heterocycles. The average Bonchev–Trinajstić information content (AvgIpc) is 2.69. The molecule has 0 bridgehead atoms. The first kappa shape index (κ1) is 15.7. The molecule has 3 rings (SSSR count). The van der Waals surface area contributed by atoms with Crippen molar-refractivity contribution < 1.29 is 14.3 Å². The predicted octanol–water partition coefficient (Wildman–Crippen LogP) is 1.70.